The molecule has 8 nitrogen and oxygen atoms in total. The number of amides is 2. The van der Waals surface area contributed by atoms with E-state index in [4.69, 9.17) is 14.6 Å². The number of carboxylic acid groups (broad SMARTS) is 1. The van der Waals surface area contributed by atoms with Crippen molar-refractivity contribution in [3.05, 3.63) is 0 Å². The van der Waals surface area contributed by atoms with Crippen molar-refractivity contribution in [3.8, 4) is 0 Å². The van der Waals surface area contributed by atoms with Gasteiger partial charge in [0.05, 0.1) is 13.2 Å². The largest absolute Gasteiger partial charge is 0.480 e. The Balaban J connectivity index is 4.76. The third-order valence-corrected chi connectivity index (χ3v) is 2.69. The van der Waals surface area contributed by atoms with E-state index in [1.54, 1.807) is 20.8 Å². The maximum absolute atomic E-state index is 12.1. The van der Waals surface area contributed by atoms with Gasteiger partial charge in [-0.1, -0.05) is 13.8 Å². The normalized spacial score (nSPS) is 11.9. The smallest absolute Gasteiger partial charge is 0.326 e. The summed E-state index contributed by atoms with van der Waals surface area (Å²) in [5.74, 6) is -1.96. The molecule has 0 aliphatic carbocycles. The van der Waals surface area contributed by atoms with Gasteiger partial charge < -0.3 is 24.8 Å². The van der Waals surface area contributed by atoms with E-state index in [0.29, 0.717) is 0 Å². The molecule has 1 atom stereocenters. The quantitative estimate of drug-likeness (QED) is 0.594. The predicted octanol–water partition coefficient (Wildman–Crippen LogP) is 0.317. The minimum atomic E-state index is -1.12. The zero-order valence-electron chi connectivity index (χ0n) is 12.9. The number of nitrogens with one attached hydrogen (secondary N) is 1. The van der Waals surface area contributed by atoms with Gasteiger partial charge in [-0.15, -0.1) is 0 Å². The summed E-state index contributed by atoms with van der Waals surface area (Å²) in [6, 6.07) is -1.66. The Kier molecular flexibility index (Phi) is 9.11. The zero-order valence-corrected chi connectivity index (χ0v) is 12.9. The third-order valence-electron chi connectivity index (χ3n) is 2.69. The van der Waals surface area contributed by atoms with E-state index >= 15 is 0 Å². The summed E-state index contributed by atoms with van der Waals surface area (Å²) in [4.78, 5) is 35.8. The summed E-state index contributed by atoms with van der Waals surface area (Å²) < 4.78 is 9.66. The average molecular weight is 304 g/mol. The SMILES string of the molecule is CCOC(=O)CN(CCOC)C(=O)N[C@H](C(=O)O)C(C)C. The lowest BCUT2D eigenvalue weighted by Gasteiger charge is -2.25. The molecule has 0 aliphatic rings. The van der Waals surface area contributed by atoms with Crippen LogP contribution < -0.4 is 5.32 Å². The summed E-state index contributed by atoms with van der Waals surface area (Å²) in [5, 5.41) is 11.5. The maximum atomic E-state index is 12.1. The van der Waals surface area contributed by atoms with Crippen molar-refractivity contribution < 1.29 is 29.0 Å². The maximum Gasteiger partial charge on any atom is 0.326 e. The Labute approximate surface area is 124 Å². The first kappa shape index (κ1) is 19.2. The Bertz CT molecular complexity index is 359. The van der Waals surface area contributed by atoms with Crippen molar-refractivity contribution in [3.63, 3.8) is 0 Å². The van der Waals surface area contributed by atoms with E-state index in [9.17, 15) is 14.4 Å². The van der Waals surface area contributed by atoms with Gasteiger partial charge in [-0.05, 0) is 12.8 Å². The summed E-state index contributed by atoms with van der Waals surface area (Å²) >= 11 is 0. The van der Waals surface area contributed by atoms with E-state index in [2.05, 4.69) is 5.32 Å². The van der Waals surface area contributed by atoms with Crippen LogP contribution in [-0.4, -0.2) is 67.4 Å². The molecule has 0 aromatic carbocycles. The van der Waals surface area contributed by atoms with E-state index in [-0.39, 0.29) is 32.2 Å². The Morgan fingerprint density at radius 1 is 1.29 bits per heavy atom. The van der Waals surface area contributed by atoms with Gasteiger partial charge >= 0.3 is 18.0 Å². The molecule has 2 amide bonds. The van der Waals surface area contributed by atoms with Crippen LogP contribution in [-0.2, 0) is 19.1 Å². The number of nitrogens with zero attached hydrogens (tertiary/aromatic N) is 1. The summed E-state index contributed by atoms with van der Waals surface area (Å²) in [6.07, 6.45) is 0. The number of rotatable bonds is 9. The third kappa shape index (κ3) is 7.50. The fraction of sp³-hybridized carbons (Fsp3) is 0.769. The van der Waals surface area contributed by atoms with Gasteiger partial charge in [-0.2, -0.15) is 0 Å². The standard InChI is InChI=1S/C13H24N2O6/c1-5-21-10(16)8-15(6-7-20-4)13(19)14-11(9(2)3)12(17)18/h9,11H,5-8H2,1-4H3,(H,14,19)(H,17,18)/t11-/m0/s1. The van der Waals surface area contributed by atoms with Crippen LogP contribution in [0.3, 0.4) is 0 Å². The number of ether oxygens (including phenoxy) is 2. The fourth-order valence-electron chi connectivity index (χ4n) is 1.55. The molecule has 0 aromatic rings. The highest BCUT2D eigenvalue weighted by molar-refractivity contribution is 5.85. The minimum absolute atomic E-state index is 0.158. The van der Waals surface area contributed by atoms with Crippen LogP contribution in [0.15, 0.2) is 0 Å². The lowest BCUT2D eigenvalue weighted by atomic mass is 10.1. The first-order valence-electron chi connectivity index (χ1n) is 6.76. The molecule has 0 radical (unpaired) electrons. The van der Waals surface area contributed by atoms with Gasteiger partial charge in [-0.25, -0.2) is 9.59 Å². The van der Waals surface area contributed by atoms with Crippen LogP contribution in [0, 0.1) is 5.92 Å². The molecule has 0 spiro atoms. The summed E-state index contributed by atoms with van der Waals surface area (Å²) in [5.41, 5.74) is 0. The van der Waals surface area contributed by atoms with Crippen LogP contribution in [0.1, 0.15) is 20.8 Å². The number of methoxy groups -OCH3 is 1. The van der Waals surface area contributed by atoms with Gasteiger partial charge in [0.1, 0.15) is 12.6 Å². The van der Waals surface area contributed by atoms with Crippen LogP contribution in [0.25, 0.3) is 0 Å². The second-order valence-electron chi connectivity index (χ2n) is 4.73. The number of esters is 1. The summed E-state index contributed by atoms with van der Waals surface area (Å²) in [7, 11) is 1.47. The van der Waals surface area contributed by atoms with Gasteiger partial charge in [0.2, 0.25) is 0 Å². The van der Waals surface area contributed by atoms with Gasteiger partial charge in [0.15, 0.2) is 0 Å². The number of carbonyl (C=O) groups is 3. The van der Waals surface area contributed by atoms with Crippen LogP contribution in [0.4, 0.5) is 4.79 Å². The molecule has 2 N–H and O–H groups in total. The van der Waals surface area contributed by atoms with E-state index in [1.807, 2.05) is 0 Å². The van der Waals surface area contributed by atoms with Crippen molar-refractivity contribution in [2.75, 3.05) is 33.4 Å². The first-order chi connectivity index (χ1) is 9.83. The minimum Gasteiger partial charge on any atom is -0.480 e. The zero-order chi connectivity index (χ0) is 16.4. The fourth-order valence-corrected chi connectivity index (χ4v) is 1.55. The highest BCUT2D eigenvalue weighted by atomic mass is 16.5. The number of hydrogen-bond acceptors (Lipinski definition) is 5. The molecule has 0 aromatic heterocycles. The monoisotopic (exact) mass is 304 g/mol. The Morgan fingerprint density at radius 2 is 1.90 bits per heavy atom. The molecule has 21 heavy (non-hydrogen) atoms. The molecule has 0 aliphatic heterocycles. The van der Waals surface area contributed by atoms with Crippen LogP contribution >= 0.6 is 0 Å². The molecular weight excluding hydrogens is 280 g/mol. The van der Waals surface area contributed by atoms with Crippen molar-refractivity contribution >= 4 is 18.0 Å². The van der Waals surface area contributed by atoms with Crippen molar-refractivity contribution in [1.82, 2.24) is 10.2 Å². The molecule has 0 heterocycles. The molecule has 0 fully saturated rings. The molecule has 122 valence electrons. The molecule has 0 unspecified atom stereocenters. The number of hydrogen-bond donors (Lipinski definition) is 2. The topological polar surface area (TPSA) is 105 Å². The molecular formula is C13H24N2O6. The van der Waals surface area contributed by atoms with Gasteiger partial charge in [0, 0.05) is 13.7 Å². The van der Waals surface area contributed by atoms with Crippen molar-refractivity contribution in [1.29, 1.82) is 0 Å². The average Bonchev–Trinajstić information content (AvgIpc) is 2.39. The first-order valence-corrected chi connectivity index (χ1v) is 6.76. The Morgan fingerprint density at radius 3 is 2.33 bits per heavy atom. The van der Waals surface area contributed by atoms with Gasteiger partial charge in [0.25, 0.3) is 0 Å². The van der Waals surface area contributed by atoms with Gasteiger partial charge in [-0.3, -0.25) is 4.79 Å². The second kappa shape index (κ2) is 9.98. The second-order valence-corrected chi connectivity index (χ2v) is 4.73. The number of carboxylic acids is 1. The van der Waals surface area contributed by atoms with Crippen LogP contribution in [0.5, 0.6) is 0 Å². The predicted molar refractivity (Wildman–Crippen MR) is 74.9 cm³/mol. The highest BCUT2D eigenvalue weighted by Crippen LogP contribution is 2.03. The number of aliphatic carboxylic acids is 1. The molecule has 0 saturated heterocycles. The lowest BCUT2D eigenvalue weighted by Crippen LogP contribution is -2.52. The van der Waals surface area contributed by atoms with E-state index in [1.165, 1.54) is 12.0 Å². The summed E-state index contributed by atoms with van der Waals surface area (Å²) in [6.45, 7) is 5.37. The van der Waals surface area contributed by atoms with Crippen LogP contribution in [0.2, 0.25) is 0 Å². The lowest BCUT2D eigenvalue weighted by molar-refractivity contribution is -0.143. The number of carbonyl (C=O) groups excluding carboxylic acids is 2. The van der Waals surface area contributed by atoms with Crippen molar-refractivity contribution in [2.24, 2.45) is 5.92 Å². The van der Waals surface area contributed by atoms with E-state index in [0.717, 1.165) is 0 Å². The molecule has 0 bridgehead atoms. The molecule has 8 heteroatoms. The van der Waals surface area contributed by atoms with Crippen molar-refractivity contribution in [2.45, 2.75) is 26.8 Å². The van der Waals surface area contributed by atoms with E-state index < -0.39 is 24.0 Å². The molecule has 0 rings (SSSR count). The highest BCUT2D eigenvalue weighted by Gasteiger charge is 2.26. The number of urea groups is 1. The molecule has 0 saturated carbocycles. The Hall–Kier alpha value is -1.83.